The van der Waals surface area contributed by atoms with Gasteiger partial charge in [-0.2, -0.15) is 0 Å². The molecule has 9 aromatic rings. The number of hydrogen-bond acceptors (Lipinski definition) is 1. The molecule has 10 rings (SSSR count). The molecule has 0 unspecified atom stereocenters. The van der Waals surface area contributed by atoms with Crippen molar-refractivity contribution in [1.29, 1.82) is 0 Å². The highest BCUT2D eigenvalue weighted by Crippen LogP contribution is 2.52. The van der Waals surface area contributed by atoms with E-state index in [1.165, 1.54) is 97.0 Å². The first kappa shape index (κ1) is 26.0. The second kappa shape index (κ2) is 9.39. The molecule has 1 aromatic heterocycles. The van der Waals surface area contributed by atoms with Crippen LogP contribution in [0.2, 0.25) is 0 Å². The summed E-state index contributed by atoms with van der Waals surface area (Å²) in [6.45, 7) is 4.78. The Morgan fingerprint density at radius 1 is 0.370 bits per heavy atom. The minimum Gasteiger partial charge on any atom is -0.135 e. The van der Waals surface area contributed by atoms with Gasteiger partial charge in [0.05, 0.1) is 0 Å². The summed E-state index contributed by atoms with van der Waals surface area (Å²) < 4.78 is 2.70. The highest BCUT2D eigenvalue weighted by Gasteiger charge is 2.36. The molecule has 1 heteroatoms. The molecule has 46 heavy (non-hydrogen) atoms. The van der Waals surface area contributed by atoms with Crippen LogP contribution in [0.15, 0.2) is 146 Å². The minimum absolute atomic E-state index is 0.0806. The molecule has 0 saturated heterocycles. The Bertz CT molecular complexity index is 2720. The largest absolute Gasteiger partial charge is 0.135 e. The maximum Gasteiger partial charge on any atom is 0.0433 e. The summed E-state index contributed by atoms with van der Waals surface area (Å²) in [5.74, 6) is 0. The molecular formula is C45H30S. The molecule has 216 valence electrons. The van der Waals surface area contributed by atoms with Crippen molar-refractivity contribution in [1.82, 2.24) is 0 Å². The van der Waals surface area contributed by atoms with Crippen molar-refractivity contribution < 1.29 is 0 Å². The molecule has 0 atom stereocenters. The second-order valence-electron chi connectivity index (χ2n) is 13.3. The minimum atomic E-state index is -0.0806. The SMILES string of the molecule is CC1(C)c2ccc(-c3cccc(-c4cccc5c4sc4ccccc45)c3)cc2-c2cc3c4ccccc4c4ccccc4c3cc21. The fourth-order valence-electron chi connectivity index (χ4n) is 8.17. The van der Waals surface area contributed by atoms with Crippen LogP contribution >= 0.6 is 11.3 Å². The van der Waals surface area contributed by atoms with Gasteiger partial charge in [0.2, 0.25) is 0 Å². The van der Waals surface area contributed by atoms with Gasteiger partial charge < -0.3 is 0 Å². The van der Waals surface area contributed by atoms with E-state index in [-0.39, 0.29) is 5.41 Å². The van der Waals surface area contributed by atoms with Crippen molar-refractivity contribution >= 4 is 63.8 Å². The monoisotopic (exact) mass is 602 g/mol. The summed E-state index contributed by atoms with van der Waals surface area (Å²) in [7, 11) is 0. The van der Waals surface area contributed by atoms with E-state index in [0.29, 0.717) is 0 Å². The number of fused-ring (bicyclic) bond motifs is 12. The molecule has 0 bridgehead atoms. The molecular weight excluding hydrogens is 573 g/mol. The Balaban J connectivity index is 1.16. The molecule has 8 aromatic carbocycles. The topological polar surface area (TPSA) is 0 Å². The van der Waals surface area contributed by atoms with Crippen LogP contribution in [0.1, 0.15) is 25.0 Å². The standard InChI is InChI=1S/C45H30S/c1-45(2)41-22-21-28(27-11-9-12-29(23-27)30-18-10-19-36-35-17-7-8-20-43(35)46-44(30)36)24-39(41)40-25-37-33-15-5-3-13-31(33)32-14-4-6-16-34(32)38(37)26-42(40)45/h3-26H,1-2H3. The zero-order valence-electron chi connectivity index (χ0n) is 25.8. The maximum atomic E-state index is 2.49. The predicted octanol–water partition coefficient (Wildman–Crippen LogP) is 13.2. The zero-order valence-corrected chi connectivity index (χ0v) is 26.6. The fraction of sp³-hybridized carbons (Fsp3) is 0.0667. The van der Waals surface area contributed by atoms with Crippen LogP contribution in [0.3, 0.4) is 0 Å². The maximum absolute atomic E-state index is 2.49. The van der Waals surface area contributed by atoms with Crippen molar-refractivity contribution in [2.75, 3.05) is 0 Å². The lowest BCUT2D eigenvalue weighted by atomic mass is 9.81. The predicted molar refractivity (Wildman–Crippen MR) is 200 cm³/mol. The van der Waals surface area contributed by atoms with Crippen LogP contribution in [-0.4, -0.2) is 0 Å². The average molecular weight is 603 g/mol. The number of rotatable bonds is 2. The van der Waals surface area contributed by atoms with Gasteiger partial charge in [-0.25, -0.2) is 0 Å². The summed E-state index contributed by atoms with van der Waals surface area (Å²) in [6.07, 6.45) is 0. The zero-order chi connectivity index (χ0) is 30.6. The first-order chi connectivity index (χ1) is 22.6. The molecule has 0 aliphatic heterocycles. The van der Waals surface area contributed by atoms with E-state index in [4.69, 9.17) is 0 Å². The van der Waals surface area contributed by atoms with E-state index in [1.807, 2.05) is 11.3 Å². The second-order valence-corrected chi connectivity index (χ2v) is 14.3. The van der Waals surface area contributed by atoms with Crippen LogP contribution in [0.5, 0.6) is 0 Å². The van der Waals surface area contributed by atoms with Gasteiger partial charge in [-0.3, -0.25) is 0 Å². The molecule has 0 radical (unpaired) electrons. The van der Waals surface area contributed by atoms with Crippen LogP contribution < -0.4 is 0 Å². The number of benzene rings is 8. The third kappa shape index (κ3) is 3.55. The first-order valence-electron chi connectivity index (χ1n) is 16.1. The van der Waals surface area contributed by atoms with Crippen LogP contribution in [0.25, 0.3) is 85.9 Å². The molecule has 1 aliphatic rings. The quantitative estimate of drug-likeness (QED) is 0.173. The molecule has 0 fully saturated rings. The van der Waals surface area contributed by atoms with E-state index in [0.717, 1.165) is 0 Å². The summed E-state index contributed by atoms with van der Waals surface area (Å²) in [5.41, 5.74) is 10.5. The van der Waals surface area contributed by atoms with Gasteiger partial charge in [0.15, 0.2) is 0 Å². The van der Waals surface area contributed by atoms with Crippen molar-refractivity contribution in [2.45, 2.75) is 19.3 Å². The molecule has 0 spiro atoms. The highest BCUT2D eigenvalue weighted by molar-refractivity contribution is 7.26. The summed E-state index contributed by atoms with van der Waals surface area (Å²) >= 11 is 1.90. The van der Waals surface area contributed by atoms with Gasteiger partial charge >= 0.3 is 0 Å². The Morgan fingerprint density at radius 2 is 0.935 bits per heavy atom. The lowest BCUT2D eigenvalue weighted by molar-refractivity contribution is 0.661. The van der Waals surface area contributed by atoms with Crippen molar-refractivity contribution in [3.05, 3.63) is 157 Å². The van der Waals surface area contributed by atoms with E-state index in [1.54, 1.807) is 0 Å². The third-order valence-electron chi connectivity index (χ3n) is 10.4. The van der Waals surface area contributed by atoms with Gasteiger partial charge in [0.25, 0.3) is 0 Å². The normalized spacial score (nSPS) is 13.6. The van der Waals surface area contributed by atoms with E-state index >= 15 is 0 Å². The van der Waals surface area contributed by atoms with Crippen molar-refractivity contribution in [3.63, 3.8) is 0 Å². The molecule has 0 saturated carbocycles. The molecule has 0 amide bonds. The average Bonchev–Trinajstić information content (AvgIpc) is 3.59. The lowest BCUT2D eigenvalue weighted by Crippen LogP contribution is -2.14. The Kier molecular flexibility index (Phi) is 5.31. The van der Waals surface area contributed by atoms with E-state index in [2.05, 4.69) is 159 Å². The summed E-state index contributed by atoms with van der Waals surface area (Å²) in [4.78, 5) is 0. The van der Waals surface area contributed by atoms with Crippen molar-refractivity contribution in [2.24, 2.45) is 0 Å². The molecule has 0 nitrogen and oxygen atoms in total. The summed E-state index contributed by atoms with van der Waals surface area (Å²) in [5, 5.41) is 10.7. The number of thiophene rings is 1. The molecule has 1 aliphatic carbocycles. The van der Waals surface area contributed by atoms with Gasteiger partial charge in [0.1, 0.15) is 0 Å². The molecule has 0 N–H and O–H groups in total. The fourth-order valence-corrected chi connectivity index (χ4v) is 9.41. The van der Waals surface area contributed by atoms with Gasteiger partial charge in [0, 0.05) is 25.6 Å². The Labute approximate surface area is 272 Å². The third-order valence-corrected chi connectivity index (χ3v) is 11.7. The Hall–Kier alpha value is -5.24. The summed E-state index contributed by atoms with van der Waals surface area (Å²) in [6, 6.07) is 54.5. The number of hydrogen-bond donors (Lipinski definition) is 0. The highest BCUT2D eigenvalue weighted by atomic mass is 32.1. The molecule has 1 heterocycles. The van der Waals surface area contributed by atoms with Crippen LogP contribution in [0, 0.1) is 0 Å². The van der Waals surface area contributed by atoms with E-state index < -0.39 is 0 Å². The van der Waals surface area contributed by atoms with E-state index in [9.17, 15) is 0 Å². The van der Waals surface area contributed by atoms with Crippen LogP contribution in [-0.2, 0) is 5.41 Å². The van der Waals surface area contributed by atoms with Crippen molar-refractivity contribution in [3.8, 4) is 33.4 Å². The van der Waals surface area contributed by atoms with Gasteiger partial charge in [-0.15, -0.1) is 11.3 Å². The Morgan fingerprint density at radius 3 is 1.70 bits per heavy atom. The van der Waals surface area contributed by atoms with Gasteiger partial charge in [-0.05, 0) is 107 Å². The first-order valence-corrected chi connectivity index (χ1v) is 16.9. The van der Waals surface area contributed by atoms with Crippen LogP contribution in [0.4, 0.5) is 0 Å². The van der Waals surface area contributed by atoms with Gasteiger partial charge in [-0.1, -0.05) is 129 Å². The lowest BCUT2D eigenvalue weighted by Gasteiger charge is -2.22. The smallest absolute Gasteiger partial charge is 0.0433 e.